The third-order valence-electron chi connectivity index (χ3n) is 3.90. The first-order valence-corrected chi connectivity index (χ1v) is 9.16. The lowest BCUT2D eigenvalue weighted by Crippen LogP contribution is -2.28. The average molecular weight is 421 g/mol. The van der Waals surface area contributed by atoms with Crippen LogP contribution in [0.4, 0.5) is 0 Å². The van der Waals surface area contributed by atoms with Gasteiger partial charge in [0.15, 0.2) is 0 Å². The number of methoxy groups -OCH3 is 1. The molecule has 2 rings (SSSR count). The Hall–Kier alpha value is -0.260. The normalized spacial score (nSPS) is 16.0. The van der Waals surface area contributed by atoms with Gasteiger partial charge in [-0.3, -0.25) is 0 Å². The quantitative estimate of drug-likeness (QED) is 0.644. The van der Waals surface area contributed by atoms with Gasteiger partial charge in [0.05, 0.1) is 16.1 Å². The average Bonchev–Trinajstić information content (AvgIpc) is 2.51. The molecule has 118 valence electrons. The molecule has 0 bridgehead atoms. The first-order chi connectivity index (χ1) is 10.2. The first-order valence-electron chi connectivity index (χ1n) is 7.57. The minimum atomic E-state index is 0.671. The van der Waals surface area contributed by atoms with E-state index in [-0.39, 0.29) is 0 Å². The summed E-state index contributed by atoms with van der Waals surface area (Å²) in [6.45, 7) is 2.67. The number of benzene rings is 1. The lowest BCUT2D eigenvalue weighted by Gasteiger charge is -2.21. The predicted molar refractivity (Wildman–Crippen MR) is 93.3 cm³/mol. The fraction of sp³-hybridized carbons (Fsp3) is 0.625. The van der Waals surface area contributed by atoms with E-state index in [1.54, 1.807) is 7.11 Å². The molecular formula is C16H23Br2NO2. The summed E-state index contributed by atoms with van der Waals surface area (Å²) in [7, 11) is 1.66. The Bertz CT molecular complexity index is 448. The van der Waals surface area contributed by atoms with E-state index in [1.807, 2.05) is 12.1 Å². The molecule has 0 spiro atoms. The highest BCUT2D eigenvalue weighted by Gasteiger charge is 2.12. The molecule has 21 heavy (non-hydrogen) atoms. The van der Waals surface area contributed by atoms with Crippen molar-refractivity contribution in [2.45, 2.75) is 32.1 Å². The van der Waals surface area contributed by atoms with Crippen LogP contribution in [0, 0.1) is 5.92 Å². The van der Waals surface area contributed by atoms with Gasteiger partial charge in [-0.1, -0.05) is 19.3 Å². The zero-order valence-electron chi connectivity index (χ0n) is 12.5. The molecule has 1 saturated carbocycles. The van der Waals surface area contributed by atoms with Gasteiger partial charge in [0.25, 0.3) is 0 Å². The van der Waals surface area contributed by atoms with E-state index in [4.69, 9.17) is 9.47 Å². The highest BCUT2D eigenvalue weighted by atomic mass is 79.9. The second-order valence-corrected chi connectivity index (χ2v) is 7.18. The van der Waals surface area contributed by atoms with Gasteiger partial charge < -0.3 is 14.8 Å². The molecule has 1 aliphatic rings. The number of hydrogen-bond acceptors (Lipinski definition) is 3. The number of hydrogen-bond donors (Lipinski definition) is 1. The molecule has 1 aliphatic carbocycles. The molecule has 1 aromatic rings. The molecule has 0 aromatic heterocycles. The minimum absolute atomic E-state index is 0.671. The highest BCUT2D eigenvalue weighted by molar-refractivity contribution is 9.11. The summed E-state index contributed by atoms with van der Waals surface area (Å²) in [4.78, 5) is 0. The molecule has 0 unspecified atom stereocenters. The molecule has 0 atom stereocenters. The monoisotopic (exact) mass is 419 g/mol. The first kappa shape index (κ1) is 17.1. The molecule has 0 amide bonds. The van der Waals surface area contributed by atoms with Crippen LogP contribution in [0.5, 0.6) is 11.5 Å². The van der Waals surface area contributed by atoms with Gasteiger partial charge in [-0.25, -0.2) is 0 Å². The molecule has 3 nitrogen and oxygen atoms in total. The number of nitrogens with one attached hydrogen (secondary N) is 1. The van der Waals surface area contributed by atoms with Crippen LogP contribution >= 0.6 is 31.9 Å². The molecule has 0 saturated heterocycles. The SMILES string of the molecule is COc1cc(Br)c(OCCNCC2CCCCC2)cc1Br. The van der Waals surface area contributed by atoms with Crippen LogP contribution in [0.3, 0.4) is 0 Å². The Morgan fingerprint density at radius 2 is 1.76 bits per heavy atom. The summed E-state index contributed by atoms with van der Waals surface area (Å²) in [5, 5.41) is 3.51. The highest BCUT2D eigenvalue weighted by Crippen LogP contribution is 2.35. The van der Waals surface area contributed by atoms with Gasteiger partial charge in [-0.2, -0.15) is 0 Å². The van der Waals surface area contributed by atoms with Crippen LogP contribution in [0.2, 0.25) is 0 Å². The Morgan fingerprint density at radius 1 is 1.10 bits per heavy atom. The van der Waals surface area contributed by atoms with Crippen molar-refractivity contribution >= 4 is 31.9 Å². The Balaban J connectivity index is 1.69. The second-order valence-electron chi connectivity index (χ2n) is 5.47. The van der Waals surface area contributed by atoms with Crippen LogP contribution in [-0.4, -0.2) is 26.8 Å². The minimum Gasteiger partial charge on any atom is -0.496 e. The van der Waals surface area contributed by atoms with Gasteiger partial charge in [0, 0.05) is 6.54 Å². The van der Waals surface area contributed by atoms with Crippen molar-refractivity contribution in [2.24, 2.45) is 5.92 Å². The summed E-state index contributed by atoms with van der Waals surface area (Å²) in [6.07, 6.45) is 6.97. The van der Waals surface area contributed by atoms with Crippen molar-refractivity contribution in [3.8, 4) is 11.5 Å². The maximum absolute atomic E-state index is 5.81. The van der Waals surface area contributed by atoms with Crippen LogP contribution in [0.15, 0.2) is 21.1 Å². The predicted octanol–water partition coefficient (Wildman–Crippen LogP) is 4.77. The Morgan fingerprint density at radius 3 is 2.48 bits per heavy atom. The van der Waals surface area contributed by atoms with Crippen molar-refractivity contribution in [1.82, 2.24) is 5.32 Å². The van der Waals surface area contributed by atoms with Crippen LogP contribution in [0.25, 0.3) is 0 Å². The van der Waals surface area contributed by atoms with E-state index >= 15 is 0 Å². The molecule has 1 fully saturated rings. The van der Waals surface area contributed by atoms with E-state index in [2.05, 4.69) is 37.2 Å². The lowest BCUT2D eigenvalue weighted by molar-refractivity contribution is 0.293. The lowest BCUT2D eigenvalue weighted by atomic mass is 9.89. The Kier molecular flexibility index (Phi) is 7.34. The van der Waals surface area contributed by atoms with E-state index in [0.29, 0.717) is 6.61 Å². The standard InChI is InChI=1S/C16H23Br2NO2/c1-20-15-9-14(18)16(10-13(15)17)21-8-7-19-11-12-5-3-2-4-6-12/h9-10,12,19H,2-8,11H2,1H3. The summed E-state index contributed by atoms with van der Waals surface area (Å²) in [5.41, 5.74) is 0. The van der Waals surface area contributed by atoms with Crippen molar-refractivity contribution in [3.63, 3.8) is 0 Å². The third kappa shape index (κ3) is 5.46. The van der Waals surface area contributed by atoms with Crippen LogP contribution in [0.1, 0.15) is 32.1 Å². The summed E-state index contributed by atoms with van der Waals surface area (Å²) in [6, 6.07) is 3.85. The second kappa shape index (κ2) is 9.01. The number of halogens is 2. The summed E-state index contributed by atoms with van der Waals surface area (Å²) >= 11 is 6.98. The smallest absolute Gasteiger partial charge is 0.134 e. The third-order valence-corrected chi connectivity index (χ3v) is 5.14. The molecule has 0 radical (unpaired) electrons. The van der Waals surface area contributed by atoms with Gasteiger partial charge in [0.1, 0.15) is 18.1 Å². The zero-order chi connectivity index (χ0) is 15.1. The van der Waals surface area contributed by atoms with Crippen LogP contribution in [-0.2, 0) is 0 Å². The van der Waals surface area contributed by atoms with Crippen molar-refractivity contribution in [1.29, 1.82) is 0 Å². The maximum Gasteiger partial charge on any atom is 0.134 e. The summed E-state index contributed by atoms with van der Waals surface area (Å²) in [5.74, 6) is 2.49. The van der Waals surface area contributed by atoms with E-state index in [9.17, 15) is 0 Å². The molecule has 0 heterocycles. The van der Waals surface area contributed by atoms with E-state index < -0.39 is 0 Å². The zero-order valence-corrected chi connectivity index (χ0v) is 15.6. The number of rotatable bonds is 7. The van der Waals surface area contributed by atoms with Crippen LogP contribution < -0.4 is 14.8 Å². The molecule has 1 N–H and O–H groups in total. The van der Waals surface area contributed by atoms with E-state index in [1.165, 1.54) is 32.1 Å². The van der Waals surface area contributed by atoms with Gasteiger partial charge in [-0.05, 0) is 69.3 Å². The molecular weight excluding hydrogens is 398 g/mol. The number of ether oxygens (including phenoxy) is 2. The molecule has 1 aromatic carbocycles. The fourth-order valence-electron chi connectivity index (χ4n) is 2.71. The van der Waals surface area contributed by atoms with Crippen molar-refractivity contribution in [3.05, 3.63) is 21.1 Å². The topological polar surface area (TPSA) is 30.5 Å². The van der Waals surface area contributed by atoms with Crippen molar-refractivity contribution in [2.75, 3.05) is 26.8 Å². The van der Waals surface area contributed by atoms with E-state index in [0.717, 1.165) is 39.5 Å². The molecule has 0 aliphatic heterocycles. The molecule has 5 heteroatoms. The van der Waals surface area contributed by atoms with Crippen molar-refractivity contribution < 1.29 is 9.47 Å². The summed E-state index contributed by atoms with van der Waals surface area (Å²) < 4.78 is 12.9. The van der Waals surface area contributed by atoms with Gasteiger partial charge >= 0.3 is 0 Å². The Labute approximate surface area is 144 Å². The maximum atomic E-state index is 5.81. The van der Waals surface area contributed by atoms with Gasteiger partial charge in [0.2, 0.25) is 0 Å². The van der Waals surface area contributed by atoms with Gasteiger partial charge in [-0.15, -0.1) is 0 Å². The largest absolute Gasteiger partial charge is 0.496 e. The fourth-order valence-corrected chi connectivity index (χ4v) is 3.63.